The first kappa shape index (κ1) is 12.8. The van der Waals surface area contributed by atoms with Crippen molar-refractivity contribution < 1.29 is 4.74 Å². The van der Waals surface area contributed by atoms with E-state index in [4.69, 9.17) is 4.74 Å². The Morgan fingerprint density at radius 1 is 1.05 bits per heavy atom. The molecule has 2 heterocycles. The smallest absolute Gasteiger partial charge is 0.189 e. The molecule has 0 aliphatic heterocycles. The minimum absolute atomic E-state index is 0.332. The number of hydrogen-bond acceptors (Lipinski definition) is 4. The molecular formula is C17H14N4O. The van der Waals surface area contributed by atoms with Crippen molar-refractivity contribution in [2.24, 2.45) is 0 Å². The van der Waals surface area contributed by atoms with Crippen molar-refractivity contribution in [2.75, 3.05) is 0 Å². The van der Waals surface area contributed by atoms with Crippen molar-refractivity contribution in [3.63, 3.8) is 0 Å². The molecule has 0 N–H and O–H groups in total. The van der Waals surface area contributed by atoms with Crippen LogP contribution in [0.25, 0.3) is 16.6 Å². The first-order valence-electron chi connectivity index (χ1n) is 7.08. The number of rotatable bonds is 3. The maximum absolute atomic E-state index is 5.73. The Morgan fingerprint density at radius 2 is 1.86 bits per heavy atom. The average molecular weight is 290 g/mol. The van der Waals surface area contributed by atoms with Crippen molar-refractivity contribution >= 4 is 16.6 Å². The van der Waals surface area contributed by atoms with Crippen molar-refractivity contribution in [2.45, 2.75) is 13.5 Å². The molecule has 0 unspecified atom stereocenters. The minimum Gasteiger partial charge on any atom is -0.486 e. The zero-order chi connectivity index (χ0) is 14.9. The Morgan fingerprint density at radius 3 is 2.73 bits per heavy atom. The Labute approximate surface area is 127 Å². The molecule has 0 fully saturated rings. The van der Waals surface area contributed by atoms with E-state index in [1.54, 1.807) is 10.8 Å². The highest BCUT2D eigenvalue weighted by Gasteiger charge is 2.08. The second-order valence-corrected chi connectivity index (χ2v) is 5.16. The molecule has 108 valence electrons. The number of aromatic nitrogens is 4. The quantitative estimate of drug-likeness (QED) is 0.581. The molecule has 2 aromatic carbocycles. The summed E-state index contributed by atoms with van der Waals surface area (Å²) < 4.78 is 7.42. The lowest BCUT2D eigenvalue weighted by Crippen LogP contribution is -1.98. The van der Waals surface area contributed by atoms with E-state index in [1.165, 1.54) is 5.56 Å². The van der Waals surface area contributed by atoms with Gasteiger partial charge in [0, 0.05) is 5.39 Å². The molecular weight excluding hydrogens is 276 g/mol. The summed E-state index contributed by atoms with van der Waals surface area (Å²) in [5.41, 5.74) is 2.91. The first-order chi connectivity index (χ1) is 10.8. The van der Waals surface area contributed by atoms with Gasteiger partial charge in [-0.2, -0.15) is 0 Å². The van der Waals surface area contributed by atoms with Gasteiger partial charge in [-0.15, -0.1) is 5.10 Å². The molecule has 0 radical (unpaired) electrons. The number of ether oxygens (including phenoxy) is 1. The molecule has 22 heavy (non-hydrogen) atoms. The summed E-state index contributed by atoms with van der Waals surface area (Å²) >= 11 is 0. The van der Waals surface area contributed by atoms with Crippen LogP contribution in [0.1, 0.15) is 11.4 Å². The van der Waals surface area contributed by atoms with E-state index in [9.17, 15) is 0 Å². The molecule has 4 rings (SSSR count). The van der Waals surface area contributed by atoms with E-state index in [1.807, 2.05) is 55.5 Å². The molecule has 4 aromatic rings. The van der Waals surface area contributed by atoms with Gasteiger partial charge in [0.05, 0.1) is 5.52 Å². The average Bonchev–Trinajstić information content (AvgIpc) is 2.98. The van der Waals surface area contributed by atoms with Gasteiger partial charge < -0.3 is 4.74 Å². The lowest BCUT2D eigenvalue weighted by atomic mass is 10.2. The highest BCUT2D eigenvalue weighted by molar-refractivity contribution is 5.90. The number of nitrogens with zero attached hydrogens (tertiary/aromatic N) is 4. The van der Waals surface area contributed by atoms with Crippen LogP contribution in [0.15, 0.2) is 54.9 Å². The number of benzene rings is 2. The SMILES string of the molecule is Cc1ccc(OCc2nc3c4ccccc4ncn3n2)cc1. The molecule has 0 saturated carbocycles. The van der Waals surface area contributed by atoms with Gasteiger partial charge in [0.2, 0.25) is 0 Å². The topological polar surface area (TPSA) is 52.3 Å². The number of fused-ring (bicyclic) bond motifs is 3. The van der Waals surface area contributed by atoms with E-state index in [0.29, 0.717) is 12.4 Å². The summed E-state index contributed by atoms with van der Waals surface area (Å²) in [6.45, 7) is 2.38. The van der Waals surface area contributed by atoms with Crippen LogP contribution in [0, 0.1) is 6.92 Å². The van der Waals surface area contributed by atoms with Gasteiger partial charge in [0.25, 0.3) is 0 Å². The van der Waals surface area contributed by atoms with Crippen LogP contribution in [0.4, 0.5) is 0 Å². The normalized spacial score (nSPS) is 11.1. The van der Waals surface area contributed by atoms with Gasteiger partial charge in [-0.1, -0.05) is 29.8 Å². The molecule has 0 aliphatic carbocycles. The Hall–Kier alpha value is -2.95. The second-order valence-electron chi connectivity index (χ2n) is 5.16. The third-order valence-electron chi connectivity index (χ3n) is 3.52. The fourth-order valence-corrected chi connectivity index (χ4v) is 2.37. The summed E-state index contributed by atoms with van der Waals surface area (Å²) in [5.74, 6) is 1.45. The van der Waals surface area contributed by atoms with E-state index in [0.717, 1.165) is 22.3 Å². The van der Waals surface area contributed by atoms with Gasteiger partial charge in [0.1, 0.15) is 18.7 Å². The second kappa shape index (κ2) is 5.11. The lowest BCUT2D eigenvalue weighted by molar-refractivity contribution is 0.296. The summed E-state index contributed by atoms with van der Waals surface area (Å²) in [5, 5.41) is 5.40. The third kappa shape index (κ3) is 2.26. The summed E-state index contributed by atoms with van der Waals surface area (Å²) in [7, 11) is 0. The molecule has 0 spiro atoms. The highest BCUT2D eigenvalue weighted by Crippen LogP contribution is 2.17. The van der Waals surface area contributed by atoms with Crippen molar-refractivity contribution in [1.29, 1.82) is 0 Å². The predicted molar refractivity (Wildman–Crippen MR) is 83.8 cm³/mol. The van der Waals surface area contributed by atoms with Crippen LogP contribution >= 0.6 is 0 Å². The molecule has 0 amide bonds. The van der Waals surface area contributed by atoms with E-state index >= 15 is 0 Å². The summed E-state index contributed by atoms with van der Waals surface area (Å²) in [4.78, 5) is 8.93. The van der Waals surface area contributed by atoms with Crippen LogP contribution in [-0.4, -0.2) is 19.6 Å². The number of para-hydroxylation sites is 1. The van der Waals surface area contributed by atoms with E-state index in [-0.39, 0.29) is 0 Å². The zero-order valence-corrected chi connectivity index (χ0v) is 12.1. The Kier molecular flexibility index (Phi) is 2.96. The van der Waals surface area contributed by atoms with E-state index in [2.05, 4.69) is 15.1 Å². The standard InChI is InChI=1S/C17H14N4O/c1-12-6-8-13(9-7-12)22-10-16-19-17-14-4-2-3-5-15(14)18-11-21(17)20-16/h2-9,11H,10H2,1H3. The molecule has 0 atom stereocenters. The highest BCUT2D eigenvalue weighted by atomic mass is 16.5. The van der Waals surface area contributed by atoms with Gasteiger partial charge >= 0.3 is 0 Å². The van der Waals surface area contributed by atoms with Crippen LogP contribution in [0.5, 0.6) is 5.75 Å². The molecule has 5 heteroatoms. The lowest BCUT2D eigenvalue weighted by Gasteiger charge is -2.02. The van der Waals surface area contributed by atoms with E-state index < -0.39 is 0 Å². The maximum atomic E-state index is 5.73. The minimum atomic E-state index is 0.332. The predicted octanol–water partition coefficient (Wildman–Crippen LogP) is 3.16. The first-order valence-corrected chi connectivity index (χ1v) is 7.08. The van der Waals surface area contributed by atoms with Crippen molar-refractivity contribution in [1.82, 2.24) is 19.6 Å². The number of hydrogen-bond donors (Lipinski definition) is 0. The monoisotopic (exact) mass is 290 g/mol. The molecule has 0 bridgehead atoms. The van der Waals surface area contributed by atoms with Crippen molar-refractivity contribution in [3.05, 3.63) is 66.2 Å². The van der Waals surface area contributed by atoms with Gasteiger partial charge in [0.15, 0.2) is 11.5 Å². The molecule has 2 aromatic heterocycles. The van der Waals surface area contributed by atoms with Gasteiger partial charge in [-0.25, -0.2) is 14.5 Å². The Balaban J connectivity index is 1.65. The summed E-state index contributed by atoms with van der Waals surface area (Å²) in [6, 6.07) is 15.8. The molecule has 0 aliphatic rings. The molecule has 0 saturated heterocycles. The number of aryl methyl sites for hydroxylation is 1. The zero-order valence-electron chi connectivity index (χ0n) is 12.1. The Bertz CT molecular complexity index is 944. The summed E-state index contributed by atoms with van der Waals surface area (Å²) in [6.07, 6.45) is 1.68. The largest absolute Gasteiger partial charge is 0.486 e. The fourth-order valence-electron chi connectivity index (χ4n) is 2.37. The van der Waals surface area contributed by atoms with Gasteiger partial charge in [-0.05, 0) is 31.2 Å². The van der Waals surface area contributed by atoms with Crippen molar-refractivity contribution in [3.8, 4) is 5.75 Å². The van der Waals surface area contributed by atoms with Crippen LogP contribution in [-0.2, 0) is 6.61 Å². The van der Waals surface area contributed by atoms with Crippen LogP contribution < -0.4 is 4.74 Å². The third-order valence-corrected chi connectivity index (χ3v) is 3.52. The maximum Gasteiger partial charge on any atom is 0.189 e. The van der Waals surface area contributed by atoms with Gasteiger partial charge in [-0.3, -0.25) is 0 Å². The molecule has 5 nitrogen and oxygen atoms in total. The fraction of sp³-hybridized carbons (Fsp3) is 0.118. The van der Waals surface area contributed by atoms with Crippen LogP contribution in [0.3, 0.4) is 0 Å². The van der Waals surface area contributed by atoms with Crippen LogP contribution in [0.2, 0.25) is 0 Å².